The maximum Gasteiger partial charge on any atom is 0.329 e. The summed E-state index contributed by atoms with van der Waals surface area (Å²) in [4.78, 5) is 0.0529. The average molecular weight is 292 g/mol. The molecule has 1 aromatic heterocycles. The fraction of sp³-hybridized carbons (Fsp3) is 0.167. The van der Waals surface area contributed by atoms with Gasteiger partial charge in [-0.15, -0.1) is 5.10 Å². The molecule has 2 rings (SSSR count). The van der Waals surface area contributed by atoms with E-state index in [1.165, 1.54) is 12.1 Å². The average Bonchev–Trinajstić information content (AvgIpc) is 2.81. The van der Waals surface area contributed by atoms with Crippen molar-refractivity contribution in [1.82, 2.24) is 10.2 Å². The van der Waals surface area contributed by atoms with Crippen molar-refractivity contribution in [2.45, 2.75) is 11.8 Å². The molecule has 2 aromatic rings. The van der Waals surface area contributed by atoms with Gasteiger partial charge in [0.15, 0.2) is 0 Å². The fourth-order valence-electron chi connectivity index (χ4n) is 1.41. The van der Waals surface area contributed by atoms with Crippen molar-refractivity contribution >= 4 is 16.0 Å². The molecule has 1 heterocycles. The van der Waals surface area contributed by atoms with Gasteiger partial charge in [0, 0.05) is 12.5 Å². The minimum atomic E-state index is -3.79. The molecule has 0 atom stereocenters. The number of rotatable bonds is 3. The minimum Gasteiger partial charge on any atom is -0.408 e. The summed E-state index contributed by atoms with van der Waals surface area (Å²) in [6, 6.07) is 5.99. The molecule has 0 radical (unpaired) electrons. The quantitative estimate of drug-likeness (QED) is 0.796. The van der Waals surface area contributed by atoms with E-state index in [-0.39, 0.29) is 23.3 Å². The van der Waals surface area contributed by atoms with Gasteiger partial charge in [0.2, 0.25) is 5.89 Å². The first-order chi connectivity index (χ1) is 9.51. The number of nitrogens with two attached hydrogens (primary N) is 1. The lowest BCUT2D eigenvalue weighted by Gasteiger charge is -2.04. The van der Waals surface area contributed by atoms with Crippen molar-refractivity contribution in [3.05, 3.63) is 35.7 Å². The molecule has 0 unspecified atom stereocenters. The summed E-state index contributed by atoms with van der Waals surface area (Å²) >= 11 is 0. The van der Waals surface area contributed by atoms with Crippen LogP contribution >= 0.6 is 0 Å². The Morgan fingerprint density at radius 1 is 1.40 bits per heavy atom. The molecule has 20 heavy (non-hydrogen) atoms. The normalized spacial score (nSPS) is 10.7. The summed E-state index contributed by atoms with van der Waals surface area (Å²) in [5, 5.41) is 7.12. The van der Waals surface area contributed by atoms with Gasteiger partial charge in [-0.1, -0.05) is 23.0 Å². The predicted octanol–water partition coefficient (Wildman–Crippen LogP) is 0.489. The van der Waals surface area contributed by atoms with Gasteiger partial charge in [-0.3, -0.25) is 0 Å². The molecule has 0 aliphatic rings. The van der Waals surface area contributed by atoms with Crippen LogP contribution in [0.15, 0.2) is 33.6 Å². The van der Waals surface area contributed by atoms with Crippen LogP contribution in [0.3, 0.4) is 0 Å². The van der Waals surface area contributed by atoms with Crippen LogP contribution in [0.25, 0.3) is 0 Å². The second-order valence-corrected chi connectivity index (χ2v) is 5.45. The third-order valence-electron chi connectivity index (χ3n) is 2.23. The lowest BCUT2D eigenvalue weighted by Crippen LogP contribution is -2.13. The Morgan fingerprint density at radius 3 is 2.85 bits per heavy atom. The van der Waals surface area contributed by atoms with E-state index >= 15 is 0 Å². The molecule has 0 amide bonds. The fourth-order valence-corrected chi connectivity index (χ4v) is 2.38. The van der Waals surface area contributed by atoms with Crippen LogP contribution in [0, 0.1) is 18.8 Å². The molecular weight excluding hydrogens is 280 g/mol. The molecule has 0 spiro atoms. The van der Waals surface area contributed by atoms with Gasteiger partial charge in [-0.2, -0.15) is 0 Å². The molecule has 0 bridgehead atoms. The smallest absolute Gasteiger partial charge is 0.329 e. The molecule has 1 aromatic carbocycles. The second kappa shape index (κ2) is 5.73. The predicted molar refractivity (Wildman–Crippen MR) is 72.2 cm³/mol. The van der Waals surface area contributed by atoms with E-state index in [2.05, 4.69) is 26.8 Å². The van der Waals surface area contributed by atoms with E-state index in [0.717, 1.165) is 0 Å². The monoisotopic (exact) mass is 292 g/mol. The molecule has 0 fully saturated rings. The largest absolute Gasteiger partial charge is 0.408 e. The first-order valence-electron chi connectivity index (χ1n) is 5.63. The Morgan fingerprint density at radius 2 is 2.20 bits per heavy atom. The number of hydrogen-bond donors (Lipinski definition) is 2. The highest BCUT2D eigenvalue weighted by Gasteiger charge is 2.17. The Balaban J connectivity index is 2.29. The van der Waals surface area contributed by atoms with Crippen LogP contribution in [-0.4, -0.2) is 25.2 Å². The minimum absolute atomic E-state index is 0.0529. The van der Waals surface area contributed by atoms with Gasteiger partial charge < -0.3 is 10.2 Å². The van der Waals surface area contributed by atoms with E-state index in [1.54, 1.807) is 19.1 Å². The summed E-state index contributed by atoms with van der Waals surface area (Å²) in [5.41, 5.74) is 5.83. The highest BCUT2D eigenvalue weighted by molar-refractivity contribution is 7.92. The lowest BCUT2D eigenvalue weighted by molar-refractivity contribution is 0.534. The number of hydrogen-bond acceptors (Lipinski definition) is 6. The molecular formula is C12H12N4O3S. The molecule has 7 nitrogen and oxygen atoms in total. The van der Waals surface area contributed by atoms with E-state index in [9.17, 15) is 8.42 Å². The molecule has 0 aliphatic carbocycles. The summed E-state index contributed by atoms with van der Waals surface area (Å²) in [6.07, 6.45) is 0. The van der Waals surface area contributed by atoms with Crippen molar-refractivity contribution in [2.75, 3.05) is 11.3 Å². The van der Waals surface area contributed by atoms with Crippen LogP contribution in [0.4, 0.5) is 6.01 Å². The first kappa shape index (κ1) is 14.0. The number of sulfonamides is 1. The van der Waals surface area contributed by atoms with Crippen LogP contribution in [0.2, 0.25) is 0 Å². The topological polar surface area (TPSA) is 111 Å². The first-order valence-corrected chi connectivity index (χ1v) is 7.11. The number of aromatic nitrogens is 2. The zero-order chi connectivity index (χ0) is 14.6. The Bertz CT molecular complexity index is 771. The van der Waals surface area contributed by atoms with Gasteiger partial charge in [0.05, 0.1) is 11.4 Å². The molecule has 0 saturated heterocycles. The second-order valence-electron chi connectivity index (χ2n) is 3.77. The summed E-state index contributed by atoms with van der Waals surface area (Å²) < 4.78 is 31.4. The van der Waals surface area contributed by atoms with Crippen LogP contribution in [0.5, 0.6) is 0 Å². The molecule has 0 saturated carbocycles. The van der Waals surface area contributed by atoms with E-state index < -0.39 is 10.0 Å². The SMILES string of the molecule is Cc1nnc(NS(=O)(=O)c2cccc(C#CCN)c2)o1. The number of anilines is 1. The Kier molecular flexibility index (Phi) is 4.02. The van der Waals surface area contributed by atoms with E-state index in [1.807, 2.05) is 0 Å². The zero-order valence-corrected chi connectivity index (χ0v) is 11.4. The number of nitrogens with zero attached hydrogens (tertiary/aromatic N) is 2. The van der Waals surface area contributed by atoms with Crippen molar-refractivity contribution < 1.29 is 12.8 Å². The highest BCUT2D eigenvalue weighted by atomic mass is 32.2. The maximum absolute atomic E-state index is 12.1. The van der Waals surface area contributed by atoms with Crippen LogP contribution in [0.1, 0.15) is 11.5 Å². The van der Waals surface area contributed by atoms with Crippen molar-refractivity contribution in [3.8, 4) is 11.8 Å². The summed E-state index contributed by atoms with van der Waals surface area (Å²) in [6.45, 7) is 1.77. The third kappa shape index (κ3) is 3.34. The van der Waals surface area contributed by atoms with Crippen molar-refractivity contribution in [1.29, 1.82) is 0 Å². The van der Waals surface area contributed by atoms with Gasteiger partial charge in [0.1, 0.15) is 0 Å². The van der Waals surface area contributed by atoms with Gasteiger partial charge in [0.25, 0.3) is 10.0 Å². The van der Waals surface area contributed by atoms with Gasteiger partial charge >= 0.3 is 6.01 Å². The number of benzene rings is 1. The van der Waals surface area contributed by atoms with Gasteiger partial charge in [-0.25, -0.2) is 13.1 Å². The van der Waals surface area contributed by atoms with Crippen molar-refractivity contribution in [2.24, 2.45) is 5.73 Å². The molecule has 0 aliphatic heterocycles. The third-order valence-corrected chi connectivity index (χ3v) is 3.54. The van der Waals surface area contributed by atoms with Gasteiger partial charge in [-0.05, 0) is 18.2 Å². The van der Waals surface area contributed by atoms with E-state index in [4.69, 9.17) is 10.2 Å². The maximum atomic E-state index is 12.1. The number of aryl methyl sites for hydroxylation is 1. The van der Waals surface area contributed by atoms with Crippen LogP contribution < -0.4 is 10.5 Å². The molecule has 8 heteroatoms. The number of nitrogens with one attached hydrogen (secondary N) is 1. The zero-order valence-electron chi connectivity index (χ0n) is 10.6. The highest BCUT2D eigenvalue weighted by Crippen LogP contribution is 2.15. The van der Waals surface area contributed by atoms with Crippen molar-refractivity contribution in [3.63, 3.8) is 0 Å². The standard InChI is InChI=1S/C12H12N4O3S/c1-9-14-15-12(19-9)16-20(17,18)11-6-2-4-10(8-11)5-3-7-13/h2,4,6,8H,7,13H2,1H3,(H,15,16). The summed E-state index contributed by atoms with van der Waals surface area (Å²) in [7, 11) is -3.79. The van der Waals surface area contributed by atoms with E-state index in [0.29, 0.717) is 5.56 Å². The Hall–Kier alpha value is -2.37. The lowest BCUT2D eigenvalue weighted by atomic mass is 10.2. The van der Waals surface area contributed by atoms with Crippen LogP contribution in [-0.2, 0) is 10.0 Å². The molecule has 104 valence electrons. The Labute approximate surface area is 116 Å². The summed E-state index contributed by atoms with van der Waals surface area (Å²) in [5.74, 6) is 5.69. The molecule has 3 N–H and O–H groups in total.